The van der Waals surface area contributed by atoms with Crippen LogP contribution in [-0.4, -0.2) is 24.7 Å². The van der Waals surface area contributed by atoms with E-state index in [1.54, 1.807) is 0 Å². The molecule has 1 saturated heterocycles. The number of rotatable bonds is 5. The zero-order chi connectivity index (χ0) is 16.2. The van der Waals surface area contributed by atoms with Gasteiger partial charge in [0, 0.05) is 25.2 Å². The first-order valence-electron chi connectivity index (χ1n) is 9.34. The van der Waals surface area contributed by atoms with Crippen molar-refractivity contribution in [2.24, 2.45) is 0 Å². The lowest BCUT2D eigenvalue weighted by Crippen LogP contribution is -2.30. The molecule has 0 unspecified atom stereocenters. The van der Waals surface area contributed by atoms with E-state index in [-0.39, 0.29) is 0 Å². The fraction of sp³-hybridized carbons (Fsp3) is 0.476. The number of anilines is 1. The van der Waals surface area contributed by atoms with Crippen molar-refractivity contribution >= 4 is 5.82 Å². The van der Waals surface area contributed by atoms with Gasteiger partial charge in [-0.05, 0) is 73.9 Å². The Morgan fingerprint density at radius 1 is 0.917 bits per heavy atom. The molecule has 0 amide bonds. The number of ether oxygens (including phenoxy) is 1. The summed E-state index contributed by atoms with van der Waals surface area (Å²) in [5.74, 6) is 2.13. The van der Waals surface area contributed by atoms with Crippen molar-refractivity contribution in [1.82, 2.24) is 4.98 Å². The van der Waals surface area contributed by atoms with Crippen LogP contribution in [0.25, 0.3) is 0 Å². The van der Waals surface area contributed by atoms with Crippen molar-refractivity contribution in [3.05, 3.63) is 53.2 Å². The molecule has 0 saturated carbocycles. The van der Waals surface area contributed by atoms with Gasteiger partial charge in [0.25, 0.3) is 0 Å². The molecule has 3 heteroatoms. The highest BCUT2D eigenvalue weighted by Gasteiger charge is 2.13. The Morgan fingerprint density at radius 3 is 2.71 bits per heavy atom. The summed E-state index contributed by atoms with van der Waals surface area (Å²) in [7, 11) is 0. The maximum absolute atomic E-state index is 5.97. The van der Waals surface area contributed by atoms with Crippen LogP contribution in [0.5, 0.6) is 5.75 Å². The predicted molar refractivity (Wildman–Crippen MR) is 98.0 cm³/mol. The van der Waals surface area contributed by atoms with Gasteiger partial charge in [-0.1, -0.05) is 12.1 Å². The first kappa shape index (κ1) is 15.5. The largest absolute Gasteiger partial charge is 0.493 e. The summed E-state index contributed by atoms with van der Waals surface area (Å²) in [6.45, 7) is 2.97. The van der Waals surface area contributed by atoms with E-state index in [0.717, 1.165) is 36.8 Å². The minimum Gasteiger partial charge on any atom is -0.493 e. The lowest BCUT2D eigenvalue weighted by Gasteiger charge is -2.27. The molecular weight excluding hydrogens is 296 g/mol. The third kappa shape index (κ3) is 3.55. The van der Waals surface area contributed by atoms with E-state index in [1.807, 2.05) is 0 Å². The van der Waals surface area contributed by atoms with Crippen LogP contribution in [0.1, 0.15) is 42.5 Å². The highest BCUT2D eigenvalue weighted by molar-refractivity contribution is 5.40. The Bertz CT molecular complexity index is 692. The highest BCUT2D eigenvalue weighted by Crippen LogP contribution is 2.26. The van der Waals surface area contributed by atoms with Crippen molar-refractivity contribution in [3.8, 4) is 5.75 Å². The maximum atomic E-state index is 5.97. The van der Waals surface area contributed by atoms with Crippen molar-refractivity contribution in [2.75, 3.05) is 24.6 Å². The van der Waals surface area contributed by atoms with Crippen LogP contribution >= 0.6 is 0 Å². The van der Waals surface area contributed by atoms with Crippen molar-refractivity contribution < 1.29 is 4.74 Å². The molecule has 0 radical (unpaired) electrons. The first-order chi connectivity index (χ1) is 11.9. The predicted octanol–water partition coefficient (Wildman–Crippen LogP) is 4.18. The zero-order valence-corrected chi connectivity index (χ0v) is 14.3. The van der Waals surface area contributed by atoms with Crippen LogP contribution < -0.4 is 9.64 Å². The quantitative estimate of drug-likeness (QED) is 0.825. The minimum atomic E-state index is 0.690. The molecule has 1 aliphatic heterocycles. The average Bonchev–Trinajstić information content (AvgIpc) is 3.11. The van der Waals surface area contributed by atoms with Crippen LogP contribution in [0.3, 0.4) is 0 Å². The molecule has 1 aliphatic carbocycles. The summed E-state index contributed by atoms with van der Waals surface area (Å²) >= 11 is 0. The van der Waals surface area contributed by atoms with E-state index in [9.17, 15) is 0 Å². The molecular formula is C21H26N2O. The van der Waals surface area contributed by atoms with E-state index < -0.39 is 0 Å². The van der Waals surface area contributed by atoms with Gasteiger partial charge < -0.3 is 9.64 Å². The molecule has 0 spiro atoms. The molecule has 1 fully saturated rings. The number of hydrogen-bond donors (Lipinski definition) is 0. The number of aromatic nitrogens is 1. The summed E-state index contributed by atoms with van der Waals surface area (Å²) in [5.41, 5.74) is 4.09. The molecule has 24 heavy (non-hydrogen) atoms. The highest BCUT2D eigenvalue weighted by atomic mass is 16.5. The molecule has 0 bridgehead atoms. The number of pyridine rings is 1. The molecule has 0 N–H and O–H groups in total. The lowest BCUT2D eigenvalue weighted by atomic mass is 10.1. The fourth-order valence-electron chi connectivity index (χ4n) is 3.82. The molecule has 2 aromatic rings. The van der Waals surface area contributed by atoms with Crippen LogP contribution in [0.15, 0.2) is 36.4 Å². The summed E-state index contributed by atoms with van der Waals surface area (Å²) in [4.78, 5) is 7.24. The van der Waals surface area contributed by atoms with Gasteiger partial charge in [0.1, 0.15) is 11.6 Å². The Labute approximate surface area is 144 Å². The number of hydrogen-bond acceptors (Lipinski definition) is 3. The third-order valence-electron chi connectivity index (χ3n) is 5.17. The normalized spacial score (nSPS) is 16.9. The lowest BCUT2D eigenvalue weighted by molar-refractivity contribution is 0.320. The Hall–Kier alpha value is -2.03. The average molecular weight is 322 g/mol. The Balaban J connectivity index is 1.34. The van der Waals surface area contributed by atoms with Gasteiger partial charge in [0.15, 0.2) is 0 Å². The first-order valence-corrected chi connectivity index (χ1v) is 9.34. The van der Waals surface area contributed by atoms with Crippen molar-refractivity contribution in [1.29, 1.82) is 0 Å². The van der Waals surface area contributed by atoms with Crippen LogP contribution in [0.2, 0.25) is 0 Å². The SMILES string of the molecule is c1cc(CCOc2ccc3c(c2)CCC3)nc(N2CCCCC2)c1. The fourth-order valence-corrected chi connectivity index (χ4v) is 3.82. The number of fused-ring (bicyclic) bond motifs is 1. The number of piperidine rings is 1. The standard InChI is InChI=1S/C21H26N2O/c1-2-13-23(14-3-1)21-9-5-8-19(22-21)12-15-24-20-11-10-17-6-4-7-18(17)16-20/h5,8-11,16H,1-4,6-7,12-15H2. The van der Waals surface area contributed by atoms with E-state index in [4.69, 9.17) is 9.72 Å². The second-order valence-electron chi connectivity index (χ2n) is 6.92. The van der Waals surface area contributed by atoms with E-state index >= 15 is 0 Å². The Morgan fingerprint density at radius 2 is 1.79 bits per heavy atom. The van der Waals surface area contributed by atoms with Crippen molar-refractivity contribution in [3.63, 3.8) is 0 Å². The van der Waals surface area contributed by atoms with Gasteiger partial charge in [0.05, 0.1) is 6.61 Å². The summed E-state index contributed by atoms with van der Waals surface area (Å²) in [5, 5.41) is 0. The molecule has 0 atom stereocenters. The molecule has 3 nitrogen and oxygen atoms in total. The monoisotopic (exact) mass is 322 g/mol. The smallest absolute Gasteiger partial charge is 0.128 e. The minimum absolute atomic E-state index is 0.690. The molecule has 2 aliphatic rings. The second-order valence-corrected chi connectivity index (χ2v) is 6.92. The van der Waals surface area contributed by atoms with Gasteiger partial charge in [-0.3, -0.25) is 0 Å². The van der Waals surface area contributed by atoms with E-state index in [0.29, 0.717) is 6.61 Å². The summed E-state index contributed by atoms with van der Waals surface area (Å²) in [6, 6.07) is 12.9. The van der Waals surface area contributed by atoms with Gasteiger partial charge in [-0.2, -0.15) is 0 Å². The Kier molecular flexibility index (Phi) is 4.68. The number of benzene rings is 1. The number of aryl methyl sites for hydroxylation is 2. The van der Waals surface area contributed by atoms with Gasteiger partial charge >= 0.3 is 0 Å². The molecule has 1 aromatic carbocycles. The van der Waals surface area contributed by atoms with E-state index in [1.165, 1.54) is 49.7 Å². The summed E-state index contributed by atoms with van der Waals surface area (Å²) in [6.07, 6.45) is 8.49. The zero-order valence-electron chi connectivity index (χ0n) is 14.3. The second kappa shape index (κ2) is 7.25. The number of nitrogens with zero attached hydrogens (tertiary/aromatic N) is 2. The third-order valence-corrected chi connectivity index (χ3v) is 5.17. The van der Waals surface area contributed by atoms with Crippen LogP contribution in [0, 0.1) is 0 Å². The maximum Gasteiger partial charge on any atom is 0.128 e. The van der Waals surface area contributed by atoms with Gasteiger partial charge in [-0.25, -0.2) is 4.98 Å². The van der Waals surface area contributed by atoms with Crippen LogP contribution in [-0.2, 0) is 19.3 Å². The van der Waals surface area contributed by atoms with Gasteiger partial charge in [0.2, 0.25) is 0 Å². The molecule has 1 aromatic heterocycles. The molecule has 126 valence electrons. The topological polar surface area (TPSA) is 25.4 Å². The molecule has 2 heterocycles. The summed E-state index contributed by atoms with van der Waals surface area (Å²) < 4.78 is 5.97. The van der Waals surface area contributed by atoms with Crippen molar-refractivity contribution in [2.45, 2.75) is 44.9 Å². The van der Waals surface area contributed by atoms with Gasteiger partial charge in [-0.15, -0.1) is 0 Å². The molecule has 4 rings (SSSR count). The van der Waals surface area contributed by atoms with E-state index in [2.05, 4.69) is 41.3 Å². The van der Waals surface area contributed by atoms with Crippen LogP contribution in [0.4, 0.5) is 5.82 Å².